The number of thioether (sulfide) groups is 1. The second-order valence-corrected chi connectivity index (χ2v) is 10.0. The zero-order valence-electron chi connectivity index (χ0n) is 20.2. The Morgan fingerprint density at radius 1 is 1.05 bits per heavy atom. The number of nitrogens with one attached hydrogen (secondary N) is 1. The van der Waals surface area contributed by atoms with Crippen LogP contribution in [0, 0.1) is 0 Å². The van der Waals surface area contributed by atoms with Crippen LogP contribution in [0.15, 0.2) is 83.9 Å². The number of carboxylic acid groups (broad SMARTS) is 1. The summed E-state index contributed by atoms with van der Waals surface area (Å²) < 4.78 is 30.1. The summed E-state index contributed by atoms with van der Waals surface area (Å²) in [6.45, 7) is 0.323. The van der Waals surface area contributed by atoms with E-state index in [1.807, 2.05) is 30.3 Å². The molecule has 3 aromatic carbocycles. The van der Waals surface area contributed by atoms with E-state index in [1.165, 1.54) is 53.4 Å². The molecule has 202 valence electrons. The summed E-state index contributed by atoms with van der Waals surface area (Å²) >= 11 is 5.94. The third kappa shape index (κ3) is 8.01. The van der Waals surface area contributed by atoms with Gasteiger partial charge < -0.3 is 15.2 Å². The number of carboxylic acids is 1. The van der Waals surface area contributed by atoms with Crippen LogP contribution in [0.25, 0.3) is 0 Å². The Hall–Kier alpha value is -3.96. The van der Waals surface area contributed by atoms with E-state index in [-0.39, 0.29) is 23.6 Å². The molecule has 1 saturated heterocycles. The zero-order valence-corrected chi connectivity index (χ0v) is 21.8. The Morgan fingerprint density at radius 3 is 2.33 bits per heavy atom. The first-order valence-corrected chi connectivity index (χ1v) is 12.9. The van der Waals surface area contributed by atoms with E-state index in [0.717, 1.165) is 17.3 Å². The van der Waals surface area contributed by atoms with E-state index in [4.69, 9.17) is 16.7 Å². The fourth-order valence-corrected chi connectivity index (χ4v) is 5.00. The number of hydrogen-bond acceptors (Lipinski definition) is 6. The van der Waals surface area contributed by atoms with Crippen LogP contribution < -0.4 is 10.1 Å². The summed E-state index contributed by atoms with van der Waals surface area (Å²) in [5, 5.41) is 11.3. The Morgan fingerprint density at radius 2 is 1.72 bits per heavy atom. The number of anilines is 1. The van der Waals surface area contributed by atoms with Gasteiger partial charge in [-0.05, 0) is 60.5 Å². The second-order valence-electron chi connectivity index (χ2n) is 8.40. The van der Waals surface area contributed by atoms with Crippen molar-refractivity contribution >= 4 is 57.7 Å². The van der Waals surface area contributed by atoms with Gasteiger partial charge >= 0.3 is 11.5 Å². The largest absolute Gasteiger partial charge is 0.487 e. The molecule has 2 amide bonds. The van der Waals surface area contributed by atoms with Crippen LogP contribution >= 0.6 is 23.4 Å². The fraction of sp³-hybridized carbons (Fsp3) is 0.185. The number of nitrogens with zero attached hydrogens (tertiary/aromatic N) is 2. The molecule has 2 N–H and O–H groups in total. The highest BCUT2D eigenvalue weighted by molar-refractivity contribution is 8.15. The highest BCUT2D eigenvalue weighted by atomic mass is 35.5. The van der Waals surface area contributed by atoms with Crippen molar-refractivity contribution in [3.8, 4) is 5.75 Å². The molecule has 0 saturated carbocycles. The molecule has 1 aliphatic heterocycles. The minimum absolute atomic E-state index is 0.0837. The van der Waals surface area contributed by atoms with Crippen LogP contribution in [0.5, 0.6) is 5.75 Å². The Kier molecular flexibility index (Phi) is 8.82. The van der Waals surface area contributed by atoms with Crippen LogP contribution in [-0.2, 0) is 16.0 Å². The molecule has 12 heteroatoms. The number of carbonyl (C=O) groups is 3. The van der Waals surface area contributed by atoms with Gasteiger partial charge in [-0.3, -0.25) is 14.5 Å². The second kappa shape index (κ2) is 12.3. The van der Waals surface area contributed by atoms with E-state index in [1.54, 1.807) is 0 Å². The molecule has 0 radical (unpaired) electrons. The number of rotatable bonds is 10. The molecular weight excluding hydrogens is 552 g/mol. The maximum Gasteiger partial charge on any atom is 0.487 e. The van der Waals surface area contributed by atoms with Crippen LogP contribution in [-0.4, -0.2) is 50.3 Å². The lowest BCUT2D eigenvalue weighted by atomic mass is 10.1. The van der Waals surface area contributed by atoms with Crippen LogP contribution in [0.1, 0.15) is 22.3 Å². The number of halogens is 3. The first kappa shape index (κ1) is 28.1. The Labute approximate surface area is 231 Å². The summed E-state index contributed by atoms with van der Waals surface area (Å²) in [5.41, 5.74) is -1.95. The van der Waals surface area contributed by atoms with Crippen molar-refractivity contribution in [3.63, 3.8) is 0 Å². The van der Waals surface area contributed by atoms with Gasteiger partial charge in [0, 0.05) is 30.3 Å². The van der Waals surface area contributed by atoms with Gasteiger partial charge in [0.15, 0.2) is 5.17 Å². The molecule has 1 fully saturated rings. The minimum atomic E-state index is -3.85. The van der Waals surface area contributed by atoms with E-state index in [2.05, 4.69) is 15.0 Å². The number of alkyl halides is 3. The molecule has 39 heavy (non-hydrogen) atoms. The molecule has 0 bridgehead atoms. The predicted octanol–water partition coefficient (Wildman–Crippen LogP) is 5.76. The quantitative estimate of drug-likeness (QED) is 0.299. The monoisotopic (exact) mass is 573 g/mol. The standard InChI is InChI=1S/C27H22ClF2N3O5S/c28-27(29,30)38-21-12-10-20(11-13-21)32-26-33(15-14-17-4-2-1-3-5-17)24(35)22(39-26)16-23(34)31-19-8-6-18(7-9-19)25(36)37/h1-13,22H,14-16H2,(H,31,34)(H,36,37). The van der Waals surface area contributed by atoms with Gasteiger partial charge in [-0.2, -0.15) is 0 Å². The minimum Gasteiger partial charge on any atom is -0.478 e. The molecule has 0 aromatic heterocycles. The molecule has 3 aromatic rings. The average molecular weight is 574 g/mol. The summed E-state index contributed by atoms with van der Waals surface area (Å²) in [4.78, 5) is 43.1. The number of aromatic carboxylic acids is 1. The highest BCUT2D eigenvalue weighted by Gasteiger charge is 2.39. The third-order valence-electron chi connectivity index (χ3n) is 5.57. The van der Waals surface area contributed by atoms with Gasteiger partial charge in [0.2, 0.25) is 11.8 Å². The first-order chi connectivity index (χ1) is 18.6. The maximum atomic E-state index is 13.3. The number of aliphatic imine (C=N–C) groups is 1. The molecule has 4 rings (SSSR count). The van der Waals surface area contributed by atoms with Gasteiger partial charge in [-0.25, -0.2) is 9.79 Å². The third-order valence-corrected chi connectivity index (χ3v) is 6.82. The van der Waals surface area contributed by atoms with Crippen LogP contribution in [0.4, 0.5) is 20.2 Å². The number of amides is 2. The van der Waals surface area contributed by atoms with Crippen molar-refractivity contribution in [3.05, 3.63) is 90.0 Å². The van der Waals surface area contributed by atoms with E-state index in [0.29, 0.717) is 29.5 Å². The predicted molar refractivity (Wildman–Crippen MR) is 145 cm³/mol. The smallest absolute Gasteiger partial charge is 0.478 e. The van der Waals surface area contributed by atoms with Gasteiger partial charge in [0.1, 0.15) is 11.0 Å². The maximum absolute atomic E-state index is 13.3. The van der Waals surface area contributed by atoms with Crippen molar-refractivity contribution in [1.29, 1.82) is 0 Å². The SMILES string of the molecule is O=C(CC1SC(=Nc2ccc(OC(F)(F)Cl)cc2)N(CCc2ccccc2)C1=O)Nc1ccc(C(=O)O)cc1. The number of hydrogen-bond donors (Lipinski definition) is 2. The summed E-state index contributed by atoms with van der Waals surface area (Å²) in [6, 6.07) is 20.7. The molecule has 1 atom stereocenters. The van der Waals surface area contributed by atoms with Crippen molar-refractivity contribution in [2.75, 3.05) is 11.9 Å². The molecule has 1 heterocycles. The van der Waals surface area contributed by atoms with E-state index < -0.39 is 22.7 Å². The molecule has 8 nitrogen and oxygen atoms in total. The van der Waals surface area contributed by atoms with Gasteiger partial charge in [0.25, 0.3) is 0 Å². The molecule has 0 spiro atoms. The van der Waals surface area contributed by atoms with Crippen LogP contribution in [0.3, 0.4) is 0 Å². The van der Waals surface area contributed by atoms with Crippen molar-refractivity contribution in [2.45, 2.75) is 23.7 Å². The van der Waals surface area contributed by atoms with Gasteiger partial charge in [-0.15, -0.1) is 8.78 Å². The van der Waals surface area contributed by atoms with E-state index >= 15 is 0 Å². The number of benzene rings is 3. The highest BCUT2D eigenvalue weighted by Crippen LogP contribution is 2.33. The number of carbonyl (C=O) groups excluding carboxylic acids is 2. The van der Waals surface area contributed by atoms with Crippen molar-refractivity contribution in [2.24, 2.45) is 4.99 Å². The van der Waals surface area contributed by atoms with Gasteiger partial charge in [0.05, 0.1) is 11.3 Å². The summed E-state index contributed by atoms with van der Waals surface area (Å²) in [6.07, 6.45) is 0.418. The lowest BCUT2D eigenvalue weighted by Crippen LogP contribution is -2.35. The van der Waals surface area contributed by atoms with Crippen molar-refractivity contribution < 1.29 is 33.0 Å². The summed E-state index contributed by atoms with van der Waals surface area (Å²) in [5.74, 6) is -1.94. The first-order valence-electron chi connectivity index (χ1n) is 11.7. The molecular formula is C27H22ClF2N3O5S. The van der Waals surface area contributed by atoms with Crippen molar-refractivity contribution in [1.82, 2.24) is 4.90 Å². The Bertz CT molecular complexity index is 1370. The Balaban J connectivity index is 1.49. The van der Waals surface area contributed by atoms with E-state index in [9.17, 15) is 23.2 Å². The number of ether oxygens (including phenoxy) is 1. The van der Waals surface area contributed by atoms with Crippen LogP contribution in [0.2, 0.25) is 0 Å². The topological polar surface area (TPSA) is 108 Å². The normalized spacial score (nSPS) is 16.4. The average Bonchev–Trinajstić information content (AvgIpc) is 3.17. The molecule has 0 aliphatic carbocycles. The molecule has 1 unspecified atom stereocenters. The lowest BCUT2D eigenvalue weighted by molar-refractivity contribution is -0.128. The zero-order chi connectivity index (χ0) is 28.0. The summed E-state index contributed by atoms with van der Waals surface area (Å²) in [7, 11) is 0. The van der Waals surface area contributed by atoms with Gasteiger partial charge in [-0.1, -0.05) is 42.1 Å². The molecule has 1 aliphatic rings. The number of amidine groups is 1. The fourth-order valence-electron chi connectivity index (χ4n) is 3.73. The lowest BCUT2D eigenvalue weighted by Gasteiger charge is -2.16.